The first-order valence-electron chi connectivity index (χ1n) is 12.5. The van der Waals surface area contributed by atoms with Gasteiger partial charge in [0.25, 0.3) is 0 Å². The van der Waals surface area contributed by atoms with E-state index in [1.54, 1.807) is 0 Å². The molecule has 0 unspecified atom stereocenters. The summed E-state index contributed by atoms with van der Waals surface area (Å²) in [6.45, 7) is 8.54. The third-order valence-corrected chi connectivity index (χ3v) is 6.72. The van der Waals surface area contributed by atoms with Gasteiger partial charge in [-0.15, -0.1) is 0 Å². The van der Waals surface area contributed by atoms with Crippen LogP contribution in [0.2, 0.25) is 0 Å². The number of nitrogens with one attached hydrogen (secondary N) is 3. The average molecular weight is 475 g/mol. The molecular weight excluding hydrogens is 436 g/mol. The molecule has 0 saturated heterocycles. The lowest BCUT2D eigenvalue weighted by Gasteiger charge is -2.30. The number of urea groups is 1. The number of nitrogens with zero attached hydrogens (tertiary/aromatic N) is 3. The lowest BCUT2D eigenvalue weighted by atomic mass is 9.84. The molecule has 0 spiro atoms. The van der Waals surface area contributed by atoms with Crippen LogP contribution in [0.5, 0.6) is 0 Å². The van der Waals surface area contributed by atoms with Crippen molar-refractivity contribution >= 4 is 34.4 Å². The summed E-state index contributed by atoms with van der Waals surface area (Å²) in [6, 6.07) is 14.6. The molecule has 0 atom stereocenters. The second-order valence-corrected chi connectivity index (χ2v) is 10.8. The van der Waals surface area contributed by atoms with Gasteiger partial charge >= 0.3 is 6.03 Å². The summed E-state index contributed by atoms with van der Waals surface area (Å²) >= 11 is 0. The molecule has 3 aromatic rings. The molecule has 1 aromatic heterocycles. The van der Waals surface area contributed by atoms with Crippen molar-refractivity contribution in [2.24, 2.45) is 0 Å². The summed E-state index contributed by atoms with van der Waals surface area (Å²) in [5.41, 5.74) is 4.03. The highest BCUT2D eigenvalue weighted by atomic mass is 16.2. The fraction of sp³-hybridized carbons (Fsp3) is 0.464. The summed E-state index contributed by atoms with van der Waals surface area (Å²) in [7, 11) is 4.00. The van der Waals surface area contributed by atoms with Gasteiger partial charge in [0.1, 0.15) is 5.82 Å². The lowest BCUT2D eigenvalue weighted by Crippen LogP contribution is -2.42. The van der Waals surface area contributed by atoms with Gasteiger partial charge in [0.15, 0.2) is 0 Å². The van der Waals surface area contributed by atoms with E-state index < -0.39 is 0 Å². The van der Waals surface area contributed by atoms with Crippen molar-refractivity contribution in [3.8, 4) is 0 Å². The van der Waals surface area contributed by atoms with Crippen molar-refractivity contribution in [2.75, 3.05) is 29.6 Å². The number of hydrogen-bond donors (Lipinski definition) is 3. The minimum atomic E-state index is -0.130. The van der Waals surface area contributed by atoms with Gasteiger partial charge < -0.3 is 20.9 Å². The normalized spacial score (nSPS) is 18.2. The van der Waals surface area contributed by atoms with Gasteiger partial charge in [0.2, 0.25) is 5.95 Å². The number of anilines is 3. The zero-order valence-corrected chi connectivity index (χ0v) is 21.8. The van der Waals surface area contributed by atoms with Gasteiger partial charge in [-0.05, 0) is 61.3 Å². The second kappa shape index (κ2) is 10.1. The van der Waals surface area contributed by atoms with Gasteiger partial charge in [-0.2, -0.15) is 4.98 Å². The maximum absolute atomic E-state index is 12.8. The molecule has 7 heteroatoms. The lowest BCUT2D eigenvalue weighted by molar-refractivity contribution is 0.243. The third-order valence-electron chi connectivity index (χ3n) is 6.72. The summed E-state index contributed by atoms with van der Waals surface area (Å²) in [6.07, 6.45) is 3.74. The summed E-state index contributed by atoms with van der Waals surface area (Å²) in [4.78, 5) is 24.4. The quantitative estimate of drug-likeness (QED) is 0.432. The topological polar surface area (TPSA) is 82.2 Å². The van der Waals surface area contributed by atoms with Crippen LogP contribution in [0.1, 0.15) is 57.6 Å². The molecule has 1 heterocycles. The van der Waals surface area contributed by atoms with Crippen LogP contribution in [0.3, 0.4) is 0 Å². The van der Waals surface area contributed by atoms with Crippen molar-refractivity contribution in [1.29, 1.82) is 0 Å². The SMILES string of the molecule is Cc1cccc(C(C)(C)C)c1NC(=O)NC1CCC(Nc2nc(N(C)C)c3ccccc3n2)CC1. The van der Waals surface area contributed by atoms with E-state index in [0.717, 1.165) is 59.2 Å². The van der Waals surface area contributed by atoms with E-state index >= 15 is 0 Å². The molecule has 2 amide bonds. The van der Waals surface area contributed by atoms with Crippen LogP contribution in [0.4, 0.5) is 22.2 Å². The molecule has 4 rings (SSSR count). The van der Waals surface area contributed by atoms with Crippen LogP contribution in [0, 0.1) is 6.92 Å². The number of hydrogen-bond acceptors (Lipinski definition) is 5. The fourth-order valence-corrected chi connectivity index (χ4v) is 4.82. The Hall–Kier alpha value is -3.35. The number of para-hydroxylation sites is 2. The van der Waals surface area contributed by atoms with Gasteiger partial charge in [0, 0.05) is 37.3 Å². The maximum Gasteiger partial charge on any atom is 0.319 e. The number of aryl methyl sites for hydroxylation is 1. The van der Waals surface area contributed by atoms with Crippen molar-refractivity contribution in [3.63, 3.8) is 0 Å². The largest absolute Gasteiger partial charge is 0.362 e. The molecule has 2 aromatic carbocycles. The highest BCUT2D eigenvalue weighted by molar-refractivity contribution is 5.92. The molecule has 0 radical (unpaired) electrons. The first-order chi connectivity index (χ1) is 16.6. The molecule has 1 aliphatic rings. The van der Waals surface area contributed by atoms with E-state index in [2.05, 4.69) is 48.9 Å². The predicted molar refractivity (Wildman–Crippen MR) is 146 cm³/mol. The Morgan fingerprint density at radius 1 is 0.943 bits per heavy atom. The Morgan fingerprint density at radius 3 is 2.31 bits per heavy atom. The van der Waals surface area contributed by atoms with Crippen LogP contribution in [0.15, 0.2) is 42.5 Å². The van der Waals surface area contributed by atoms with Crippen molar-refractivity contribution < 1.29 is 4.79 Å². The number of amides is 2. The van der Waals surface area contributed by atoms with E-state index in [4.69, 9.17) is 9.97 Å². The Morgan fingerprint density at radius 2 is 1.63 bits per heavy atom. The molecule has 35 heavy (non-hydrogen) atoms. The third kappa shape index (κ3) is 5.84. The van der Waals surface area contributed by atoms with Crippen LogP contribution >= 0.6 is 0 Å². The minimum absolute atomic E-state index is 0.0460. The molecule has 0 bridgehead atoms. The summed E-state index contributed by atoms with van der Waals surface area (Å²) < 4.78 is 0. The zero-order chi connectivity index (χ0) is 25.2. The summed E-state index contributed by atoms with van der Waals surface area (Å²) in [5.74, 6) is 1.58. The monoisotopic (exact) mass is 474 g/mol. The summed E-state index contributed by atoms with van der Waals surface area (Å²) in [5, 5.41) is 10.9. The van der Waals surface area contributed by atoms with Gasteiger partial charge in [-0.3, -0.25) is 0 Å². The molecule has 7 nitrogen and oxygen atoms in total. The smallest absolute Gasteiger partial charge is 0.319 e. The van der Waals surface area contributed by atoms with Gasteiger partial charge in [0.05, 0.1) is 5.52 Å². The van der Waals surface area contributed by atoms with Crippen molar-refractivity contribution in [1.82, 2.24) is 15.3 Å². The maximum atomic E-state index is 12.8. The number of rotatable bonds is 5. The number of carbonyl (C=O) groups is 1. The van der Waals surface area contributed by atoms with Crippen LogP contribution in [0.25, 0.3) is 10.9 Å². The van der Waals surface area contributed by atoms with E-state index in [1.165, 1.54) is 0 Å². The highest BCUT2D eigenvalue weighted by Crippen LogP contribution is 2.32. The first kappa shape index (κ1) is 24.8. The average Bonchev–Trinajstić information content (AvgIpc) is 2.80. The second-order valence-electron chi connectivity index (χ2n) is 10.8. The standard InChI is InChI=1S/C28H38N6O/c1-18-10-9-12-22(28(2,3)4)24(18)32-27(35)30-20-16-14-19(15-17-20)29-26-31-23-13-8-7-11-21(23)25(33-26)34(5)6/h7-13,19-20H,14-17H2,1-6H3,(H,29,31,33)(H2,30,32,35). The van der Waals surface area contributed by atoms with Crippen LogP contribution < -0.4 is 20.9 Å². The number of aromatic nitrogens is 2. The number of fused-ring (bicyclic) bond motifs is 1. The van der Waals surface area contributed by atoms with Crippen LogP contribution in [-0.4, -0.2) is 42.2 Å². The Balaban J connectivity index is 1.35. The molecule has 1 aliphatic carbocycles. The molecule has 0 aliphatic heterocycles. The highest BCUT2D eigenvalue weighted by Gasteiger charge is 2.25. The van der Waals surface area contributed by atoms with E-state index in [0.29, 0.717) is 5.95 Å². The number of benzene rings is 2. The fourth-order valence-electron chi connectivity index (χ4n) is 4.82. The van der Waals surface area contributed by atoms with Crippen molar-refractivity contribution in [2.45, 2.75) is 70.9 Å². The molecular formula is C28H38N6O. The van der Waals surface area contributed by atoms with Crippen LogP contribution in [-0.2, 0) is 5.41 Å². The van der Waals surface area contributed by atoms with Gasteiger partial charge in [-0.1, -0.05) is 51.1 Å². The van der Waals surface area contributed by atoms with Crippen molar-refractivity contribution in [3.05, 3.63) is 53.6 Å². The Bertz CT molecular complexity index is 1190. The Labute approximate surface area is 208 Å². The Kier molecular flexibility index (Phi) is 7.15. The minimum Gasteiger partial charge on any atom is -0.362 e. The molecule has 186 valence electrons. The van der Waals surface area contributed by atoms with Gasteiger partial charge in [-0.25, -0.2) is 9.78 Å². The van der Waals surface area contributed by atoms with E-state index in [-0.39, 0.29) is 23.5 Å². The predicted octanol–water partition coefficient (Wildman–Crippen LogP) is 5.85. The molecule has 1 fully saturated rings. The first-order valence-corrected chi connectivity index (χ1v) is 12.5. The van der Waals surface area contributed by atoms with E-state index in [1.807, 2.05) is 56.3 Å². The molecule has 3 N–H and O–H groups in total. The number of carbonyl (C=O) groups excluding carboxylic acids is 1. The van der Waals surface area contributed by atoms with E-state index in [9.17, 15) is 4.79 Å². The zero-order valence-electron chi connectivity index (χ0n) is 21.8. The molecule has 1 saturated carbocycles.